The van der Waals surface area contributed by atoms with E-state index >= 15 is 0 Å². The van der Waals surface area contributed by atoms with Crippen LogP contribution in [0.2, 0.25) is 0 Å². The van der Waals surface area contributed by atoms with Crippen molar-refractivity contribution < 1.29 is 9.53 Å². The molecule has 0 aliphatic rings. The molecule has 162 valence electrons. The predicted molar refractivity (Wildman–Crippen MR) is 126 cm³/mol. The van der Waals surface area contributed by atoms with Crippen LogP contribution in [0.3, 0.4) is 0 Å². The van der Waals surface area contributed by atoms with Crippen LogP contribution in [0.1, 0.15) is 22.4 Å². The second kappa shape index (κ2) is 8.93. The third kappa shape index (κ3) is 5.13. The van der Waals surface area contributed by atoms with Gasteiger partial charge in [-0.1, -0.05) is 12.1 Å². The van der Waals surface area contributed by atoms with Gasteiger partial charge in [-0.3, -0.25) is 9.20 Å². The third-order valence-corrected chi connectivity index (χ3v) is 4.84. The Hall–Kier alpha value is -4.13. The lowest BCUT2D eigenvalue weighted by Gasteiger charge is -2.10. The fourth-order valence-electron chi connectivity index (χ4n) is 3.46. The third-order valence-electron chi connectivity index (χ3n) is 4.84. The summed E-state index contributed by atoms with van der Waals surface area (Å²) >= 11 is 0. The first kappa shape index (κ1) is 21.1. The second-order valence-electron chi connectivity index (χ2n) is 7.79. The molecule has 0 aliphatic carbocycles. The number of ether oxygens (including phenoxy) is 1. The number of urea groups is 1. The summed E-state index contributed by atoms with van der Waals surface area (Å²) in [6, 6.07) is 17.8. The number of benzene rings is 2. The van der Waals surface area contributed by atoms with E-state index < -0.39 is 0 Å². The Morgan fingerprint density at radius 1 is 0.875 bits per heavy atom. The molecule has 2 amide bonds. The normalized spacial score (nSPS) is 10.7. The quantitative estimate of drug-likeness (QED) is 0.476. The Morgan fingerprint density at radius 3 is 2.28 bits per heavy atom. The number of aryl methyl sites for hydroxylation is 3. The van der Waals surface area contributed by atoms with Crippen molar-refractivity contribution in [3.8, 4) is 5.75 Å². The number of hydrogen-bond donors (Lipinski definition) is 2. The number of carbonyl (C=O) groups is 1. The van der Waals surface area contributed by atoms with Crippen molar-refractivity contribution in [1.29, 1.82) is 0 Å². The standard InChI is InChI=1S/C25H24N4O3/c1-16-4-9-23-26-21(13-24(30)29(23)14-16)15-32-22-7-5-19(6-8-22)27-25(31)28-20-11-17(2)10-18(3)12-20/h4-14H,15H2,1-3H3,(H2,27,28,31). The summed E-state index contributed by atoms with van der Waals surface area (Å²) in [6.07, 6.45) is 1.76. The van der Waals surface area contributed by atoms with Crippen LogP contribution in [-0.2, 0) is 6.61 Å². The molecule has 7 nitrogen and oxygen atoms in total. The fraction of sp³-hybridized carbons (Fsp3) is 0.160. The molecule has 0 atom stereocenters. The summed E-state index contributed by atoms with van der Waals surface area (Å²) in [5.41, 5.74) is 5.52. The van der Waals surface area contributed by atoms with Gasteiger partial charge in [0.1, 0.15) is 18.0 Å². The maximum atomic E-state index is 12.3. The number of aromatic nitrogens is 2. The van der Waals surface area contributed by atoms with Crippen molar-refractivity contribution in [3.05, 3.63) is 99.6 Å². The van der Waals surface area contributed by atoms with Gasteiger partial charge in [0, 0.05) is 23.6 Å². The number of nitrogens with zero attached hydrogens (tertiary/aromatic N) is 2. The molecule has 0 aliphatic heterocycles. The van der Waals surface area contributed by atoms with Gasteiger partial charge in [0.25, 0.3) is 5.56 Å². The molecular weight excluding hydrogens is 404 g/mol. The first-order valence-corrected chi connectivity index (χ1v) is 10.2. The molecule has 2 heterocycles. The molecule has 32 heavy (non-hydrogen) atoms. The highest BCUT2D eigenvalue weighted by atomic mass is 16.5. The van der Waals surface area contributed by atoms with E-state index in [9.17, 15) is 9.59 Å². The highest BCUT2D eigenvalue weighted by Gasteiger charge is 2.06. The zero-order chi connectivity index (χ0) is 22.7. The number of rotatable bonds is 5. The van der Waals surface area contributed by atoms with Crippen molar-refractivity contribution in [2.24, 2.45) is 0 Å². The summed E-state index contributed by atoms with van der Waals surface area (Å²) in [5, 5.41) is 5.64. The molecule has 7 heteroatoms. The van der Waals surface area contributed by atoms with E-state index in [0.717, 1.165) is 22.4 Å². The molecule has 0 spiro atoms. The van der Waals surface area contributed by atoms with Crippen LogP contribution in [0.15, 0.2) is 71.7 Å². The smallest absolute Gasteiger partial charge is 0.323 e. The average Bonchev–Trinajstić information content (AvgIpc) is 2.73. The van der Waals surface area contributed by atoms with Gasteiger partial charge in [-0.25, -0.2) is 9.78 Å². The van der Waals surface area contributed by atoms with Crippen LogP contribution >= 0.6 is 0 Å². The van der Waals surface area contributed by atoms with Gasteiger partial charge >= 0.3 is 6.03 Å². The van der Waals surface area contributed by atoms with Crippen molar-refractivity contribution >= 4 is 23.1 Å². The number of anilines is 2. The number of amides is 2. The zero-order valence-electron chi connectivity index (χ0n) is 18.2. The molecular formula is C25H24N4O3. The number of nitrogens with one attached hydrogen (secondary N) is 2. The van der Waals surface area contributed by atoms with E-state index in [1.54, 1.807) is 30.5 Å². The summed E-state index contributed by atoms with van der Waals surface area (Å²) < 4.78 is 7.28. The summed E-state index contributed by atoms with van der Waals surface area (Å²) in [5.74, 6) is 0.608. The number of carbonyl (C=O) groups excluding carboxylic acids is 1. The molecule has 2 N–H and O–H groups in total. The SMILES string of the molecule is Cc1cc(C)cc(NC(=O)Nc2ccc(OCc3cc(=O)n4cc(C)ccc4n3)cc2)c1. The first-order valence-electron chi connectivity index (χ1n) is 10.2. The largest absolute Gasteiger partial charge is 0.487 e. The minimum Gasteiger partial charge on any atom is -0.487 e. The molecule has 0 radical (unpaired) electrons. The Balaban J connectivity index is 1.36. The minimum atomic E-state index is -0.320. The van der Waals surface area contributed by atoms with Crippen LogP contribution in [0.4, 0.5) is 16.2 Å². The molecule has 0 saturated heterocycles. The van der Waals surface area contributed by atoms with E-state index in [1.165, 1.54) is 10.5 Å². The lowest BCUT2D eigenvalue weighted by Crippen LogP contribution is -2.19. The van der Waals surface area contributed by atoms with Crippen molar-refractivity contribution in [2.45, 2.75) is 27.4 Å². The van der Waals surface area contributed by atoms with Crippen molar-refractivity contribution in [1.82, 2.24) is 9.38 Å². The van der Waals surface area contributed by atoms with Crippen LogP contribution in [-0.4, -0.2) is 15.4 Å². The number of fused-ring (bicyclic) bond motifs is 1. The van der Waals surface area contributed by atoms with E-state index in [4.69, 9.17) is 4.74 Å². The van der Waals surface area contributed by atoms with Gasteiger partial charge in [0.2, 0.25) is 0 Å². The maximum Gasteiger partial charge on any atom is 0.323 e. The predicted octanol–water partition coefficient (Wildman–Crippen LogP) is 4.84. The van der Waals surface area contributed by atoms with Gasteiger partial charge < -0.3 is 15.4 Å². The topological polar surface area (TPSA) is 84.7 Å². The molecule has 2 aromatic carbocycles. The second-order valence-corrected chi connectivity index (χ2v) is 7.79. The van der Waals surface area contributed by atoms with Crippen LogP contribution in [0, 0.1) is 20.8 Å². The summed E-state index contributed by atoms with van der Waals surface area (Å²) in [6.45, 7) is 6.06. The van der Waals surface area contributed by atoms with Crippen molar-refractivity contribution in [3.63, 3.8) is 0 Å². The van der Waals surface area contributed by atoms with E-state index in [1.807, 2.05) is 51.1 Å². The van der Waals surface area contributed by atoms with Gasteiger partial charge in [-0.15, -0.1) is 0 Å². The van der Waals surface area contributed by atoms with Crippen LogP contribution < -0.4 is 20.9 Å². The van der Waals surface area contributed by atoms with Gasteiger partial charge in [-0.05, 0) is 79.9 Å². The fourth-order valence-corrected chi connectivity index (χ4v) is 3.46. The Labute approximate surface area is 185 Å². The van der Waals surface area contributed by atoms with Crippen molar-refractivity contribution in [2.75, 3.05) is 10.6 Å². The zero-order valence-corrected chi connectivity index (χ0v) is 18.2. The summed E-state index contributed by atoms with van der Waals surface area (Å²) in [4.78, 5) is 29.0. The average molecular weight is 428 g/mol. The Bertz CT molecular complexity index is 1320. The van der Waals surface area contributed by atoms with Gasteiger partial charge in [0.15, 0.2) is 0 Å². The number of hydrogen-bond acceptors (Lipinski definition) is 4. The van der Waals surface area contributed by atoms with Crippen LogP contribution in [0.5, 0.6) is 5.75 Å². The van der Waals surface area contributed by atoms with E-state index in [2.05, 4.69) is 15.6 Å². The van der Waals surface area contributed by atoms with E-state index in [0.29, 0.717) is 22.8 Å². The number of pyridine rings is 1. The lowest BCUT2D eigenvalue weighted by atomic mass is 10.1. The highest BCUT2D eigenvalue weighted by molar-refractivity contribution is 5.99. The van der Waals surface area contributed by atoms with Gasteiger partial charge in [0.05, 0.1) is 5.69 Å². The molecule has 4 rings (SSSR count). The van der Waals surface area contributed by atoms with Gasteiger partial charge in [-0.2, -0.15) is 0 Å². The first-order chi connectivity index (χ1) is 15.4. The van der Waals surface area contributed by atoms with E-state index in [-0.39, 0.29) is 18.2 Å². The molecule has 0 unspecified atom stereocenters. The monoisotopic (exact) mass is 428 g/mol. The summed E-state index contributed by atoms with van der Waals surface area (Å²) in [7, 11) is 0. The Morgan fingerprint density at radius 2 is 1.56 bits per heavy atom. The molecule has 2 aromatic heterocycles. The Kier molecular flexibility index (Phi) is 5.89. The minimum absolute atomic E-state index is 0.147. The lowest BCUT2D eigenvalue weighted by molar-refractivity contribution is 0.262. The maximum absolute atomic E-state index is 12.3. The molecule has 0 saturated carbocycles. The molecule has 0 bridgehead atoms. The molecule has 4 aromatic rings. The molecule has 0 fully saturated rings. The van der Waals surface area contributed by atoms with Crippen LogP contribution in [0.25, 0.3) is 5.65 Å². The highest BCUT2D eigenvalue weighted by Crippen LogP contribution is 2.18.